The summed E-state index contributed by atoms with van der Waals surface area (Å²) in [7, 11) is 0. The molecule has 5 aromatic rings. The number of hydrogen-bond acceptors (Lipinski definition) is 9. The second-order valence-corrected chi connectivity index (χ2v) is 11.5. The molecule has 0 atom stereocenters. The van der Waals surface area contributed by atoms with E-state index in [4.69, 9.17) is 9.26 Å². The van der Waals surface area contributed by atoms with Crippen LogP contribution in [0.3, 0.4) is 0 Å². The van der Waals surface area contributed by atoms with Crippen molar-refractivity contribution in [2.24, 2.45) is 0 Å². The SMILES string of the molecule is CC(C)(C)c1nc(C(=O)CCc2ccc(-c3ccnc4nc(-c5cnn(CCN6CCOCC6)c5)[nH]c34)cc2F)no1. The van der Waals surface area contributed by atoms with Crippen molar-refractivity contribution < 1.29 is 18.4 Å². The fraction of sp³-hybridized carbons (Fsp3) is 0.400. The highest BCUT2D eigenvalue weighted by Gasteiger charge is 2.24. The zero-order valence-corrected chi connectivity index (χ0v) is 23.9. The molecule has 1 fully saturated rings. The number of Topliss-reactive ketones (excluding diaryl/α,β-unsaturated/α-hetero) is 1. The van der Waals surface area contributed by atoms with Gasteiger partial charge in [-0.1, -0.05) is 38.1 Å². The number of carbonyl (C=O) groups excluding carboxylic acids is 1. The van der Waals surface area contributed by atoms with Crippen molar-refractivity contribution in [3.8, 4) is 22.5 Å². The molecule has 1 N–H and O–H groups in total. The molecule has 0 saturated carbocycles. The number of carbonyl (C=O) groups is 1. The van der Waals surface area contributed by atoms with E-state index in [9.17, 15) is 4.79 Å². The highest BCUT2D eigenvalue weighted by Crippen LogP contribution is 2.30. The maximum absolute atomic E-state index is 15.2. The minimum absolute atomic E-state index is 0.0221. The van der Waals surface area contributed by atoms with Crippen molar-refractivity contribution in [2.75, 3.05) is 32.8 Å². The van der Waals surface area contributed by atoms with Crippen molar-refractivity contribution >= 4 is 16.9 Å². The summed E-state index contributed by atoms with van der Waals surface area (Å²) in [6, 6.07) is 6.85. The second kappa shape index (κ2) is 11.5. The van der Waals surface area contributed by atoms with Gasteiger partial charge in [0, 0.05) is 49.4 Å². The summed E-state index contributed by atoms with van der Waals surface area (Å²) >= 11 is 0. The fourth-order valence-electron chi connectivity index (χ4n) is 4.88. The van der Waals surface area contributed by atoms with Crippen LogP contribution in [-0.2, 0) is 23.1 Å². The number of aryl methyl sites for hydroxylation is 1. The van der Waals surface area contributed by atoms with Gasteiger partial charge in [-0.25, -0.2) is 14.4 Å². The third-order valence-corrected chi connectivity index (χ3v) is 7.35. The third kappa shape index (κ3) is 6.00. The highest BCUT2D eigenvalue weighted by atomic mass is 19.1. The third-order valence-electron chi connectivity index (χ3n) is 7.35. The number of hydrogen-bond donors (Lipinski definition) is 1. The average molecular weight is 573 g/mol. The van der Waals surface area contributed by atoms with Crippen molar-refractivity contribution in [1.82, 2.24) is 39.8 Å². The standard InChI is InChI=1S/C30H33FN8O3/c1-30(2,3)29-36-27(37-42-29)24(40)7-6-19-4-5-20(16-23(19)31)22-8-9-32-28-25(22)34-26(35-28)21-17-33-39(18-21)11-10-38-12-14-41-15-13-38/h4-5,8-9,16-18H,6-7,10-15H2,1-3H3,(H,32,34,35). The Morgan fingerprint density at radius 3 is 2.69 bits per heavy atom. The van der Waals surface area contributed by atoms with Crippen LogP contribution >= 0.6 is 0 Å². The summed E-state index contributed by atoms with van der Waals surface area (Å²) in [6.07, 6.45) is 5.70. The zero-order valence-electron chi connectivity index (χ0n) is 23.9. The number of aromatic amines is 1. The van der Waals surface area contributed by atoms with Gasteiger partial charge in [-0.2, -0.15) is 10.1 Å². The molecule has 1 aliphatic rings. The number of ketones is 1. The Balaban J connectivity index is 1.15. The van der Waals surface area contributed by atoms with Crippen LogP contribution in [0.15, 0.2) is 47.4 Å². The number of pyridine rings is 1. The summed E-state index contributed by atoms with van der Waals surface area (Å²) in [5.74, 6) is 0.380. The lowest BCUT2D eigenvalue weighted by atomic mass is 9.97. The Bertz CT molecular complexity index is 1710. The first kappa shape index (κ1) is 27.9. The number of nitrogens with one attached hydrogen (secondary N) is 1. The molecule has 0 unspecified atom stereocenters. The van der Waals surface area contributed by atoms with E-state index in [-0.39, 0.29) is 29.9 Å². The number of fused-ring (bicyclic) bond motifs is 1. The van der Waals surface area contributed by atoms with E-state index < -0.39 is 5.82 Å². The van der Waals surface area contributed by atoms with Gasteiger partial charge in [0.05, 0.1) is 37.0 Å². The fourth-order valence-corrected chi connectivity index (χ4v) is 4.88. The van der Waals surface area contributed by atoms with E-state index in [0.717, 1.165) is 50.5 Å². The topological polar surface area (TPSA) is 128 Å². The van der Waals surface area contributed by atoms with Crippen LogP contribution in [0.25, 0.3) is 33.7 Å². The average Bonchev–Trinajstić information content (AvgIpc) is 3.75. The van der Waals surface area contributed by atoms with Gasteiger partial charge in [0.2, 0.25) is 17.5 Å². The smallest absolute Gasteiger partial charge is 0.238 e. The van der Waals surface area contributed by atoms with E-state index in [1.807, 2.05) is 43.8 Å². The predicted molar refractivity (Wildman–Crippen MR) is 153 cm³/mol. The molecule has 0 spiro atoms. The van der Waals surface area contributed by atoms with Gasteiger partial charge >= 0.3 is 0 Å². The molecule has 42 heavy (non-hydrogen) atoms. The monoisotopic (exact) mass is 572 g/mol. The number of morpholine rings is 1. The van der Waals surface area contributed by atoms with Gasteiger partial charge in [-0.05, 0) is 29.7 Å². The largest absolute Gasteiger partial charge is 0.379 e. The molecule has 0 aliphatic carbocycles. The van der Waals surface area contributed by atoms with Gasteiger partial charge in [-0.3, -0.25) is 14.4 Å². The summed E-state index contributed by atoms with van der Waals surface area (Å²) in [5.41, 5.74) is 3.64. The Labute approximate surface area is 242 Å². The van der Waals surface area contributed by atoms with E-state index in [1.165, 1.54) is 6.07 Å². The Kier molecular flexibility index (Phi) is 7.65. The highest BCUT2D eigenvalue weighted by molar-refractivity contribution is 5.93. The van der Waals surface area contributed by atoms with Gasteiger partial charge in [0.15, 0.2) is 5.65 Å². The van der Waals surface area contributed by atoms with Crippen LogP contribution in [0.1, 0.15) is 49.3 Å². The Morgan fingerprint density at radius 2 is 1.93 bits per heavy atom. The minimum Gasteiger partial charge on any atom is -0.379 e. The number of ether oxygens (including phenoxy) is 1. The number of halogens is 1. The molecule has 1 saturated heterocycles. The number of imidazole rings is 1. The zero-order chi connectivity index (χ0) is 29.3. The Hall–Kier alpha value is -4.29. The van der Waals surface area contributed by atoms with Crippen LogP contribution in [0.4, 0.5) is 4.39 Å². The maximum atomic E-state index is 15.2. The predicted octanol–water partition coefficient (Wildman–Crippen LogP) is 4.46. The molecule has 0 bridgehead atoms. The number of H-pyrrole nitrogens is 1. The molecule has 12 heteroatoms. The molecule has 5 heterocycles. The van der Waals surface area contributed by atoms with Gasteiger partial charge < -0.3 is 14.2 Å². The minimum atomic E-state index is -0.393. The summed E-state index contributed by atoms with van der Waals surface area (Å²) in [6.45, 7) is 10.9. The van der Waals surface area contributed by atoms with Crippen LogP contribution in [-0.4, -0.2) is 78.4 Å². The molecular weight excluding hydrogens is 539 g/mol. The van der Waals surface area contributed by atoms with E-state index in [1.54, 1.807) is 18.5 Å². The summed E-state index contributed by atoms with van der Waals surface area (Å²) < 4.78 is 27.7. The number of aromatic nitrogens is 7. The quantitative estimate of drug-likeness (QED) is 0.255. The van der Waals surface area contributed by atoms with Gasteiger partial charge in [0.1, 0.15) is 11.6 Å². The van der Waals surface area contributed by atoms with Crippen molar-refractivity contribution in [3.05, 3.63) is 66.0 Å². The van der Waals surface area contributed by atoms with Gasteiger partial charge in [-0.15, -0.1) is 0 Å². The molecule has 1 aliphatic heterocycles. The van der Waals surface area contributed by atoms with Crippen LogP contribution in [0.2, 0.25) is 0 Å². The van der Waals surface area contributed by atoms with Gasteiger partial charge in [0.25, 0.3) is 0 Å². The lowest BCUT2D eigenvalue weighted by molar-refractivity contribution is 0.0360. The number of rotatable bonds is 9. The lowest BCUT2D eigenvalue weighted by Crippen LogP contribution is -2.38. The van der Waals surface area contributed by atoms with Crippen LogP contribution in [0, 0.1) is 5.82 Å². The normalized spacial score (nSPS) is 14.6. The molecule has 11 nitrogen and oxygen atoms in total. The molecule has 0 radical (unpaired) electrons. The van der Waals surface area contributed by atoms with Crippen molar-refractivity contribution in [1.29, 1.82) is 0 Å². The van der Waals surface area contributed by atoms with Crippen molar-refractivity contribution in [3.63, 3.8) is 0 Å². The summed E-state index contributed by atoms with van der Waals surface area (Å²) in [4.78, 5) is 31.6. The molecule has 0 amide bonds. The molecule has 6 rings (SSSR count). The number of benzene rings is 1. The lowest BCUT2D eigenvalue weighted by Gasteiger charge is -2.26. The molecular formula is C30H33FN8O3. The first-order valence-electron chi connectivity index (χ1n) is 14.1. The maximum Gasteiger partial charge on any atom is 0.238 e. The Morgan fingerprint density at radius 1 is 1.10 bits per heavy atom. The van der Waals surface area contributed by atoms with E-state index >= 15 is 4.39 Å². The van der Waals surface area contributed by atoms with Crippen LogP contribution < -0.4 is 0 Å². The second-order valence-electron chi connectivity index (χ2n) is 11.5. The number of nitrogens with zero attached hydrogens (tertiary/aromatic N) is 7. The molecule has 218 valence electrons. The van der Waals surface area contributed by atoms with E-state index in [2.05, 4.69) is 35.1 Å². The first-order chi connectivity index (χ1) is 20.2. The molecule has 4 aromatic heterocycles. The van der Waals surface area contributed by atoms with E-state index in [0.29, 0.717) is 34.0 Å². The molecule has 1 aromatic carbocycles. The first-order valence-corrected chi connectivity index (χ1v) is 14.1. The van der Waals surface area contributed by atoms with Crippen molar-refractivity contribution in [2.45, 2.75) is 45.6 Å². The van der Waals surface area contributed by atoms with Crippen LogP contribution in [0.5, 0.6) is 0 Å². The summed E-state index contributed by atoms with van der Waals surface area (Å²) in [5, 5.41) is 8.30.